The summed E-state index contributed by atoms with van der Waals surface area (Å²) >= 11 is 0. The number of carboxylic acid groups (broad SMARTS) is 1. The Morgan fingerprint density at radius 1 is 1.39 bits per heavy atom. The van der Waals surface area contributed by atoms with Gasteiger partial charge in [-0.3, -0.25) is 0 Å². The molecule has 0 aromatic heterocycles. The second-order valence-electron chi connectivity index (χ2n) is 4.35. The van der Waals surface area contributed by atoms with Crippen LogP contribution in [0.3, 0.4) is 0 Å². The first kappa shape index (κ1) is 14.7. The first-order valence-electron chi connectivity index (χ1n) is 6.09. The molecule has 0 bridgehead atoms. The third kappa shape index (κ3) is 6.41. The fourth-order valence-electron chi connectivity index (χ4n) is 1.31. The average Bonchev–Trinajstić information content (AvgIpc) is 3.14. The molecule has 0 aromatic carbocycles. The highest BCUT2D eigenvalue weighted by Gasteiger charge is 2.21. The lowest BCUT2D eigenvalue weighted by molar-refractivity contribution is -0.140. The van der Waals surface area contributed by atoms with E-state index in [0.29, 0.717) is 19.6 Å². The topological polar surface area (TPSA) is 108 Å². The molecule has 0 radical (unpaired) electrons. The Kier molecular flexibility index (Phi) is 6.45. The second kappa shape index (κ2) is 7.88. The van der Waals surface area contributed by atoms with Crippen LogP contribution in [-0.4, -0.2) is 54.6 Å². The van der Waals surface area contributed by atoms with E-state index in [-0.39, 0.29) is 0 Å². The maximum absolute atomic E-state index is 11.2. The van der Waals surface area contributed by atoms with E-state index in [4.69, 9.17) is 14.9 Å². The van der Waals surface area contributed by atoms with Crippen LogP contribution in [0.25, 0.3) is 0 Å². The van der Waals surface area contributed by atoms with Crippen molar-refractivity contribution < 1.29 is 24.5 Å². The monoisotopic (exact) mass is 260 g/mol. The number of amides is 2. The number of ether oxygens (including phenoxy) is 1. The lowest BCUT2D eigenvalue weighted by Crippen LogP contribution is -2.48. The van der Waals surface area contributed by atoms with Crippen molar-refractivity contribution in [2.24, 2.45) is 5.92 Å². The van der Waals surface area contributed by atoms with Crippen LogP contribution in [0.15, 0.2) is 0 Å². The summed E-state index contributed by atoms with van der Waals surface area (Å²) in [4.78, 5) is 21.8. The molecule has 0 saturated heterocycles. The highest BCUT2D eigenvalue weighted by Crippen LogP contribution is 2.28. The molecule has 7 heteroatoms. The molecule has 0 spiro atoms. The largest absolute Gasteiger partial charge is 0.480 e. The van der Waals surface area contributed by atoms with Crippen molar-refractivity contribution in [1.82, 2.24) is 10.6 Å². The van der Waals surface area contributed by atoms with E-state index in [1.54, 1.807) is 0 Å². The van der Waals surface area contributed by atoms with E-state index in [1.807, 2.05) is 0 Å². The van der Waals surface area contributed by atoms with Gasteiger partial charge < -0.3 is 25.6 Å². The van der Waals surface area contributed by atoms with Gasteiger partial charge in [0.25, 0.3) is 0 Å². The van der Waals surface area contributed by atoms with Gasteiger partial charge in [-0.2, -0.15) is 0 Å². The summed E-state index contributed by atoms with van der Waals surface area (Å²) in [5, 5.41) is 21.9. The van der Waals surface area contributed by atoms with Gasteiger partial charge >= 0.3 is 12.0 Å². The van der Waals surface area contributed by atoms with E-state index >= 15 is 0 Å². The van der Waals surface area contributed by atoms with Crippen molar-refractivity contribution in [2.45, 2.75) is 25.3 Å². The van der Waals surface area contributed by atoms with E-state index in [2.05, 4.69) is 10.6 Å². The molecule has 0 aliphatic heterocycles. The predicted molar refractivity (Wildman–Crippen MR) is 63.2 cm³/mol. The third-order valence-corrected chi connectivity index (χ3v) is 2.59. The maximum atomic E-state index is 11.2. The van der Waals surface area contributed by atoms with E-state index in [0.717, 1.165) is 12.5 Å². The van der Waals surface area contributed by atoms with Crippen molar-refractivity contribution in [1.29, 1.82) is 0 Å². The molecule has 1 saturated carbocycles. The van der Waals surface area contributed by atoms with Crippen LogP contribution in [0.1, 0.15) is 19.3 Å². The summed E-state index contributed by atoms with van der Waals surface area (Å²) in [7, 11) is 0. The average molecular weight is 260 g/mol. The van der Waals surface area contributed by atoms with Crippen LogP contribution in [0.4, 0.5) is 4.79 Å². The molecule has 18 heavy (non-hydrogen) atoms. The van der Waals surface area contributed by atoms with Crippen molar-refractivity contribution in [3.05, 3.63) is 0 Å². The number of carbonyl (C=O) groups excluding carboxylic acids is 1. The number of hydrogen-bond donors (Lipinski definition) is 4. The van der Waals surface area contributed by atoms with Gasteiger partial charge in [0.05, 0.1) is 6.61 Å². The lowest BCUT2D eigenvalue weighted by atomic mass is 10.3. The first-order valence-corrected chi connectivity index (χ1v) is 6.09. The summed E-state index contributed by atoms with van der Waals surface area (Å²) < 4.78 is 5.37. The van der Waals surface area contributed by atoms with Gasteiger partial charge in [-0.25, -0.2) is 9.59 Å². The smallest absolute Gasteiger partial charge is 0.328 e. The van der Waals surface area contributed by atoms with Gasteiger partial charge in [0.15, 0.2) is 6.04 Å². The Labute approximate surface area is 106 Å². The number of aliphatic hydroxyl groups excluding tert-OH is 1. The minimum atomic E-state index is -1.27. The number of aliphatic hydroxyl groups is 1. The molecule has 1 unspecified atom stereocenters. The van der Waals surface area contributed by atoms with Gasteiger partial charge in [0.2, 0.25) is 0 Å². The molecular weight excluding hydrogens is 240 g/mol. The van der Waals surface area contributed by atoms with Crippen molar-refractivity contribution in [3.63, 3.8) is 0 Å². The minimum Gasteiger partial charge on any atom is -0.480 e. The SMILES string of the molecule is O=C(NCCCOCC1CC1)NC(CO)C(=O)O. The number of nitrogens with one attached hydrogen (secondary N) is 2. The number of carbonyl (C=O) groups is 2. The molecule has 0 aromatic rings. The Balaban J connectivity index is 1.96. The van der Waals surface area contributed by atoms with E-state index in [9.17, 15) is 9.59 Å². The molecular formula is C11H20N2O5. The zero-order valence-electron chi connectivity index (χ0n) is 10.2. The van der Waals surface area contributed by atoms with Crippen LogP contribution >= 0.6 is 0 Å². The minimum absolute atomic E-state index is 0.411. The van der Waals surface area contributed by atoms with Gasteiger partial charge in [-0.05, 0) is 25.2 Å². The number of urea groups is 1. The number of hydrogen-bond acceptors (Lipinski definition) is 4. The molecule has 4 N–H and O–H groups in total. The molecule has 1 fully saturated rings. The molecule has 1 aliphatic rings. The maximum Gasteiger partial charge on any atom is 0.328 e. The summed E-state index contributed by atoms with van der Waals surface area (Å²) in [6.07, 6.45) is 3.17. The summed E-state index contributed by atoms with van der Waals surface area (Å²) in [6, 6.07) is -1.87. The zero-order valence-corrected chi connectivity index (χ0v) is 10.2. The Morgan fingerprint density at radius 3 is 2.67 bits per heavy atom. The molecule has 1 aliphatic carbocycles. The van der Waals surface area contributed by atoms with Gasteiger partial charge in [-0.1, -0.05) is 0 Å². The molecule has 1 atom stereocenters. The third-order valence-electron chi connectivity index (χ3n) is 2.59. The quantitative estimate of drug-likeness (QED) is 0.420. The lowest BCUT2D eigenvalue weighted by Gasteiger charge is -2.12. The van der Waals surface area contributed by atoms with Crippen molar-refractivity contribution >= 4 is 12.0 Å². The second-order valence-corrected chi connectivity index (χ2v) is 4.35. The fourth-order valence-corrected chi connectivity index (χ4v) is 1.31. The Bertz CT molecular complexity index is 281. The van der Waals surface area contributed by atoms with Crippen LogP contribution in [0, 0.1) is 5.92 Å². The van der Waals surface area contributed by atoms with Crippen LogP contribution in [0.2, 0.25) is 0 Å². The van der Waals surface area contributed by atoms with Gasteiger partial charge in [0.1, 0.15) is 0 Å². The normalized spacial score (nSPS) is 16.1. The number of rotatable bonds is 9. The molecule has 2 amide bonds. The van der Waals surface area contributed by atoms with Crippen molar-refractivity contribution in [2.75, 3.05) is 26.4 Å². The summed E-state index contributed by atoms with van der Waals surface area (Å²) in [5.41, 5.74) is 0. The first-order chi connectivity index (χ1) is 8.63. The van der Waals surface area contributed by atoms with Crippen molar-refractivity contribution in [3.8, 4) is 0 Å². The highest BCUT2D eigenvalue weighted by molar-refractivity contribution is 5.82. The van der Waals surface area contributed by atoms with Crippen LogP contribution in [-0.2, 0) is 9.53 Å². The summed E-state index contributed by atoms with van der Waals surface area (Å²) in [5.74, 6) is -0.539. The van der Waals surface area contributed by atoms with Crippen LogP contribution < -0.4 is 10.6 Å². The molecule has 104 valence electrons. The van der Waals surface area contributed by atoms with Gasteiger partial charge in [-0.15, -0.1) is 0 Å². The van der Waals surface area contributed by atoms with E-state index in [1.165, 1.54) is 12.8 Å². The van der Waals surface area contributed by atoms with E-state index < -0.39 is 24.6 Å². The standard InChI is InChI=1S/C11H20N2O5/c14-6-9(10(15)16)13-11(17)12-4-1-5-18-7-8-2-3-8/h8-9,14H,1-7H2,(H,15,16)(H2,12,13,17). The summed E-state index contributed by atoms with van der Waals surface area (Å²) in [6.45, 7) is 1.15. The number of aliphatic carboxylic acids is 1. The Morgan fingerprint density at radius 2 is 2.11 bits per heavy atom. The highest BCUT2D eigenvalue weighted by atomic mass is 16.5. The molecule has 7 nitrogen and oxygen atoms in total. The molecule has 1 rings (SSSR count). The predicted octanol–water partition coefficient (Wildman–Crippen LogP) is -0.452. The molecule has 0 heterocycles. The van der Waals surface area contributed by atoms with Gasteiger partial charge in [0, 0.05) is 19.8 Å². The zero-order chi connectivity index (χ0) is 13.4. The Hall–Kier alpha value is -1.34. The fraction of sp³-hybridized carbons (Fsp3) is 0.818. The van der Waals surface area contributed by atoms with Crippen LogP contribution in [0.5, 0.6) is 0 Å². The number of carboxylic acids is 1.